The van der Waals surface area contributed by atoms with Gasteiger partial charge in [0.05, 0.1) is 0 Å². The Morgan fingerprint density at radius 3 is 2.42 bits per heavy atom. The Hall–Kier alpha value is -2.82. The molecule has 124 valence electrons. The van der Waals surface area contributed by atoms with E-state index in [-0.39, 0.29) is 11.8 Å². The third kappa shape index (κ3) is 3.74. The number of carbonyl (C=O) groups is 2. The van der Waals surface area contributed by atoms with Crippen LogP contribution in [0.25, 0.3) is 0 Å². The topological polar surface area (TPSA) is 75.4 Å². The molecule has 5 heteroatoms. The molecule has 1 heterocycles. The predicted octanol–water partition coefficient (Wildman–Crippen LogP) is 2.32. The first-order valence-corrected chi connectivity index (χ1v) is 8.12. The molecule has 0 bridgehead atoms. The Kier molecular flexibility index (Phi) is 4.79. The fraction of sp³-hybridized carbons (Fsp3) is 0.263. The summed E-state index contributed by atoms with van der Waals surface area (Å²) in [6.45, 7) is 1.84. The van der Waals surface area contributed by atoms with Gasteiger partial charge in [0.25, 0.3) is 5.91 Å². The Morgan fingerprint density at radius 2 is 1.75 bits per heavy atom. The molecule has 0 radical (unpaired) electrons. The molecular weight excluding hydrogens is 302 g/mol. The molecule has 3 rings (SSSR count). The monoisotopic (exact) mass is 323 g/mol. The molecule has 0 aliphatic carbocycles. The van der Waals surface area contributed by atoms with Gasteiger partial charge < -0.3 is 16.0 Å². The summed E-state index contributed by atoms with van der Waals surface area (Å²) < 4.78 is 0. The molecule has 0 unspecified atom stereocenters. The van der Waals surface area contributed by atoms with Crippen LogP contribution in [0.5, 0.6) is 0 Å². The first-order chi connectivity index (χ1) is 11.6. The lowest BCUT2D eigenvalue weighted by molar-refractivity contribution is -0.131. The maximum atomic E-state index is 12.3. The molecule has 2 aromatic carbocycles. The smallest absolute Gasteiger partial charge is 0.251 e. The quantitative estimate of drug-likeness (QED) is 0.655. The molecule has 0 aromatic heterocycles. The van der Waals surface area contributed by atoms with Gasteiger partial charge in [0, 0.05) is 37.3 Å². The minimum atomic E-state index is -0.164. The summed E-state index contributed by atoms with van der Waals surface area (Å²) >= 11 is 0. The van der Waals surface area contributed by atoms with Crippen molar-refractivity contribution >= 4 is 17.5 Å². The van der Waals surface area contributed by atoms with E-state index in [0.717, 1.165) is 0 Å². The summed E-state index contributed by atoms with van der Waals surface area (Å²) in [6.07, 6.45) is 1.06. The summed E-state index contributed by atoms with van der Waals surface area (Å²) in [5.74, 6) is -0.0345. The minimum absolute atomic E-state index is 0.129. The fourth-order valence-electron chi connectivity index (χ4n) is 2.89. The van der Waals surface area contributed by atoms with Crippen LogP contribution in [0.15, 0.2) is 48.5 Å². The molecule has 3 N–H and O–H groups in total. The van der Waals surface area contributed by atoms with Crippen molar-refractivity contribution in [2.45, 2.75) is 25.9 Å². The van der Waals surface area contributed by atoms with Crippen LogP contribution in [0.3, 0.4) is 0 Å². The van der Waals surface area contributed by atoms with Gasteiger partial charge in [-0.15, -0.1) is 0 Å². The number of fused-ring (bicyclic) bond motifs is 1. The Bertz CT molecular complexity index is 733. The summed E-state index contributed by atoms with van der Waals surface area (Å²) in [7, 11) is 0. The first-order valence-electron chi connectivity index (χ1n) is 8.12. The van der Waals surface area contributed by atoms with Crippen LogP contribution in [0, 0.1) is 0 Å². The van der Waals surface area contributed by atoms with Crippen molar-refractivity contribution in [1.29, 1.82) is 0 Å². The molecule has 0 spiro atoms. The fourth-order valence-corrected chi connectivity index (χ4v) is 2.89. The van der Waals surface area contributed by atoms with E-state index < -0.39 is 0 Å². The predicted molar refractivity (Wildman–Crippen MR) is 93.1 cm³/mol. The Morgan fingerprint density at radius 1 is 1.04 bits per heavy atom. The lowest BCUT2D eigenvalue weighted by atomic mass is 10.1. The maximum Gasteiger partial charge on any atom is 0.251 e. The first kappa shape index (κ1) is 16.1. The number of carbonyl (C=O) groups excluding carboxylic acids is 2. The molecule has 1 aliphatic rings. The largest absolute Gasteiger partial charge is 0.399 e. The second kappa shape index (κ2) is 7.17. The third-order valence-corrected chi connectivity index (χ3v) is 4.20. The van der Waals surface area contributed by atoms with Gasteiger partial charge in [0.2, 0.25) is 5.91 Å². The number of amides is 2. The van der Waals surface area contributed by atoms with Gasteiger partial charge in [-0.1, -0.05) is 30.3 Å². The molecule has 1 aliphatic heterocycles. The summed E-state index contributed by atoms with van der Waals surface area (Å²) in [5, 5.41) is 2.82. The summed E-state index contributed by atoms with van der Waals surface area (Å²) in [5.41, 5.74) is 9.21. The second-order valence-electron chi connectivity index (χ2n) is 6.00. The second-order valence-corrected chi connectivity index (χ2v) is 6.00. The van der Waals surface area contributed by atoms with E-state index in [1.54, 1.807) is 24.3 Å². The zero-order valence-electron chi connectivity index (χ0n) is 13.5. The van der Waals surface area contributed by atoms with E-state index in [1.165, 1.54) is 11.1 Å². The highest BCUT2D eigenvalue weighted by Gasteiger charge is 2.22. The molecule has 24 heavy (non-hydrogen) atoms. The number of nitrogens with one attached hydrogen (secondary N) is 1. The standard InChI is InChI=1S/C19H21N3O2/c20-17-8-3-7-14(11-17)19(24)21-10-4-9-18(23)22-12-15-5-1-2-6-16(15)13-22/h1-3,5-8,11H,4,9-10,12-13,20H2,(H,21,24). The van der Waals surface area contributed by atoms with Crippen LogP contribution in [0.4, 0.5) is 5.69 Å². The lowest BCUT2D eigenvalue weighted by Gasteiger charge is -2.15. The highest BCUT2D eigenvalue weighted by Crippen LogP contribution is 2.22. The van der Waals surface area contributed by atoms with Crippen LogP contribution in [0.1, 0.15) is 34.3 Å². The number of nitrogens with zero attached hydrogens (tertiary/aromatic N) is 1. The number of hydrogen-bond donors (Lipinski definition) is 2. The molecule has 0 fully saturated rings. The van der Waals surface area contributed by atoms with Crippen molar-refractivity contribution in [1.82, 2.24) is 10.2 Å². The summed E-state index contributed by atoms with van der Waals surface area (Å²) in [4.78, 5) is 26.1. The minimum Gasteiger partial charge on any atom is -0.399 e. The highest BCUT2D eigenvalue weighted by atomic mass is 16.2. The van der Waals surface area contributed by atoms with E-state index in [4.69, 9.17) is 5.73 Å². The van der Waals surface area contributed by atoms with Crippen molar-refractivity contribution in [3.8, 4) is 0 Å². The lowest BCUT2D eigenvalue weighted by Crippen LogP contribution is -2.28. The van der Waals surface area contributed by atoms with Crippen LogP contribution in [-0.4, -0.2) is 23.3 Å². The molecule has 0 saturated carbocycles. The van der Waals surface area contributed by atoms with Gasteiger partial charge in [-0.3, -0.25) is 9.59 Å². The van der Waals surface area contributed by atoms with Gasteiger partial charge in [0.15, 0.2) is 0 Å². The zero-order chi connectivity index (χ0) is 16.9. The van der Waals surface area contributed by atoms with Crippen LogP contribution < -0.4 is 11.1 Å². The van der Waals surface area contributed by atoms with Crippen molar-refractivity contribution in [3.05, 3.63) is 65.2 Å². The van der Waals surface area contributed by atoms with E-state index in [2.05, 4.69) is 17.4 Å². The molecular formula is C19H21N3O2. The van der Waals surface area contributed by atoms with Crippen molar-refractivity contribution in [3.63, 3.8) is 0 Å². The van der Waals surface area contributed by atoms with Gasteiger partial charge >= 0.3 is 0 Å². The van der Waals surface area contributed by atoms with Gasteiger partial charge in [-0.25, -0.2) is 0 Å². The number of rotatable bonds is 5. The molecule has 0 atom stereocenters. The van der Waals surface area contributed by atoms with E-state index in [0.29, 0.717) is 43.7 Å². The number of benzene rings is 2. The molecule has 2 amide bonds. The number of nitrogen functional groups attached to an aromatic ring is 1. The van der Waals surface area contributed by atoms with E-state index >= 15 is 0 Å². The van der Waals surface area contributed by atoms with Gasteiger partial charge in [-0.05, 0) is 35.7 Å². The van der Waals surface area contributed by atoms with Gasteiger partial charge in [-0.2, -0.15) is 0 Å². The maximum absolute atomic E-state index is 12.3. The van der Waals surface area contributed by atoms with Crippen molar-refractivity contribution < 1.29 is 9.59 Å². The molecule has 0 saturated heterocycles. The highest BCUT2D eigenvalue weighted by molar-refractivity contribution is 5.95. The third-order valence-electron chi connectivity index (χ3n) is 4.20. The Balaban J connectivity index is 1.41. The van der Waals surface area contributed by atoms with Crippen molar-refractivity contribution in [2.24, 2.45) is 0 Å². The summed E-state index contributed by atoms with van der Waals surface area (Å²) in [6, 6.07) is 15.0. The van der Waals surface area contributed by atoms with Crippen LogP contribution >= 0.6 is 0 Å². The Labute approximate surface area is 141 Å². The number of nitrogens with two attached hydrogens (primary N) is 1. The number of hydrogen-bond acceptors (Lipinski definition) is 3. The SMILES string of the molecule is Nc1cccc(C(=O)NCCCC(=O)N2Cc3ccccc3C2)c1. The van der Waals surface area contributed by atoms with Crippen LogP contribution in [0.2, 0.25) is 0 Å². The normalized spacial score (nSPS) is 12.8. The number of anilines is 1. The molecule has 2 aromatic rings. The molecule has 5 nitrogen and oxygen atoms in total. The zero-order valence-corrected chi connectivity index (χ0v) is 13.5. The average molecular weight is 323 g/mol. The van der Waals surface area contributed by atoms with E-state index in [9.17, 15) is 9.59 Å². The average Bonchev–Trinajstić information content (AvgIpc) is 3.02. The van der Waals surface area contributed by atoms with Crippen molar-refractivity contribution in [2.75, 3.05) is 12.3 Å². The van der Waals surface area contributed by atoms with E-state index in [1.807, 2.05) is 17.0 Å². The van der Waals surface area contributed by atoms with Crippen LogP contribution in [-0.2, 0) is 17.9 Å². The van der Waals surface area contributed by atoms with Gasteiger partial charge in [0.1, 0.15) is 0 Å².